The second kappa shape index (κ2) is 3.35. The summed E-state index contributed by atoms with van der Waals surface area (Å²) in [6.07, 6.45) is 4.22. The molecule has 0 aromatic rings. The van der Waals surface area contributed by atoms with Crippen molar-refractivity contribution in [3.63, 3.8) is 0 Å². The van der Waals surface area contributed by atoms with E-state index in [1.54, 1.807) is 0 Å². The molecule has 0 aliphatic carbocycles. The summed E-state index contributed by atoms with van der Waals surface area (Å²) in [6.45, 7) is 3.31. The lowest BCUT2D eigenvalue weighted by Crippen LogP contribution is -2.44. The lowest BCUT2D eigenvalue weighted by molar-refractivity contribution is -0.160. The van der Waals surface area contributed by atoms with Crippen LogP contribution in [0.2, 0.25) is 0 Å². The molecule has 10 heavy (non-hydrogen) atoms. The first-order valence-electron chi connectivity index (χ1n) is 4.08. The molecule has 0 spiro atoms. The summed E-state index contributed by atoms with van der Waals surface area (Å²) in [5.74, 6) is 0. The zero-order chi connectivity index (χ0) is 7.45. The molecule has 0 radical (unpaired) electrons. The second-order valence-corrected chi connectivity index (χ2v) is 3.01. The third kappa shape index (κ3) is 1.50. The van der Waals surface area contributed by atoms with Gasteiger partial charge in [0.2, 0.25) is 0 Å². The lowest BCUT2D eigenvalue weighted by Gasteiger charge is -2.41. The third-order valence-corrected chi connectivity index (χ3v) is 2.24. The summed E-state index contributed by atoms with van der Waals surface area (Å²) in [4.78, 5) is 0. The Morgan fingerprint density at radius 2 is 2.20 bits per heavy atom. The summed E-state index contributed by atoms with van der Waals surface area (Å²) in [5.41, 5.74) is 0.0729. The van der Waals surface area contributed by atoms with E-state index in [1.807, 2.05) is 0 Å². The molecule has 1 heterocycles. The van der Waals surface area contributed by atoms with E-state index in [-0.39, 0.29) is 12.2 Å². The van der Waals surface area contributed by atoms with Gasteiger partial charge in [-0.25, -0.2) is 0 Å². The van der Waals surface area contributed by atoms with Crippen LogP contribution in [0, 0.1) is 0 Å². The molecule has 0 aromatic carbocycles. The molecule has 1 unspecified atom stereocenters. The van der Waals surface area contributed by atoms with Crippen molar-refractivity contribution in [3.8, 4) is 0 Å². The van der Waals surface area contributed by atoms with Gasteiger partial charge in [0.05, 0.1) is 12.2 Å². The number of aliphatic hydroxyl groups excluding tert-OH is 1. The highest BCUT2D eigenvalue weighted by atomic mass is 16.5. The Bertz CT molecular complexity index is 89.4. The van der Waals surface area contributed by atoms with Crippen molar-refractivity contribution in [1.82, 2.24) is 0 Å². The van der Waals surface area contributed by atoms with Gasteiger partial charge in [-0.3, -0.25) is 0 Å². The molecule has 0 aromatic heterocycles. The smallest absolute Gasteiger partial charge is 0.0726 e. The zero-order valence-electron chi connectivity index (χ0n) is 6.60. The van der Waals surface area contributed by atoms with Crippen LogP contribution in [0.4, 0.5) is 0 Å². The predicted octanol–water partition coefficient (Wildman–Crippen LogP) is 1.33. The molecule has 1 aliphatic rings. The predicted molar refractivity (Wildman–Crippen MR) is 39.9 cm³/mol. The fraction of sp³-hybridized carbons (Fsp3) is 1.00. The Hall–Kier alpha value is -0.0800. The van der Waals surface area contributed by atoms with Gasteiger partial charge in [-0.2, -0.15) is 0 Å². The van der Waals surface area contributed by atoms with E-state index in [2.05, 4.69) is 6.92 Å². The van der Waals surface area contributed by atoms with E-state index in [9.17, 15) is 0 Å². The van der Waals surface area contributed by atoms with Crippen LogP contribution in [-0.4, -0.2) is 23.9 Å². The Labute approximate surface area is 62.2 Å². The molecular formula is C8H16O2. The third-order valence-electron chi connectivity index (χ3n) is 2.24. The van der Waals surface area contributed by atoms with Crippen LogP contribution < -0.4 is 0 Å². The Morgan fingerprint density at radius 1 is 1.50 bits per heavy atom. The van der Waals surface area contributed by atoms with E-state index in [4.69, 9.17) is 9.84 Å². The average molecular weight is 144 g/mol. The fourth-order valence-electron chi connectivity index (χ4n) is 1.57. The van der Waals surface area contributed by atoms with Crippen LogP contribution in [-0.2, 0) is 4.74 Å². The van der Waals surface area contributed by atoms with Crippen LogP contribution in [0.1, 0.15) is 32.6 Å². The largest absolute Gasteiger partial charge is 0.396 e. The number of hydrogen-bond acceptors (Lipinski definition) is 2. The van der Waals surface area contributed by atoms with E-state index in [0.29, 0.717) is 0 Å². The molecule has 0 amide bonds. The van der Waals surface area contributed by atoms with E-state index in [0.717, 1.165) is 32.3 Å². The van der Waals surface area contributed by atoms with Gasteiger partial charge < -0.3 is 9.84 Å². The van der Waals surface area contributed by atoms with Gasteiger partial charge in [-0.15, -0.1) is 0 Å². The van der Waals surface area contributed by atoms with Crippen molar-refractivity contribution >= 4 is 0 Å². The Morgan fingerprint density at radius 3 is 2.50 bits per heavy atom. The highest BCUT2D eigenvalue weighted by Crippen LogP contribution is 2.34. The number of rotatable bonds is 4. The van der Waals surface area contributed by atoms with Crippen LogP contribution in [0.3, 0.4) is 0 Å². The normalized spacial score (nSPS) is 31.8. The lowest BCUT2D eigenvalue weighted by atomic mass is 9.87. The Kier molecular flexibility index (Phi) is 2.69. The standard InChI is InChI=1S/C8H16O2/c1-2-3-8(4-6-9)5-7-10-8/h9H,2-7H2,1H3. The minimum atomic E-state index is 0.0729. The second-order valence-electron chi connectivity index (χ2n) is 3.01. The van der Waals surface area contributed by atoms with Crippen molar-refractivity contribution in [1.29, 1.82) is 0 Å². The van der Waals surface area contributed by atoms with Crippen LogP contribution in [0.5, 0.6) is 0 Å². The highest BCUT2D eigenvalue weighted by molar-refractivity contribution is 4.86. The van der Waals surface area contributed by atoms with Gasteiger partial charge in [0.15, 0.2) is 0 Å². The zero-order valence-corrected chi connectivity index (χ0v) is 6.60. The van der Waals surface area contributed by atoms with Gasteiger partial charge in [0.1, 0.15) is 0 Å². The van der Waals surface area contributed by atoms with Gasteiger partial charge in [-0.1, -0.05) is 13.3 Å². The van der Waals surface area contributed by atoms with Crippen molar-refractivity contribution in [2.75, 3.05) is 13.2 Å². The van der Waals surface area contributed by atoms with Crippen LogP contribution in [0.15, 0.2) is 0 Å². The number of aliphatic hydroxyl groups is 1. The SMILES string of the molecule is CCCC1(CCO)CCO1. The quantitative estimate of drug-likeness (QED) is 0.645. The summed E-state index contributed by atoms with van der Waals surface area (Å²) in [6, 6.07) is 0. The van der Waals surface area contributed by atoms with Crippen LogP contribution in [0.25, 0.3) is 0 Å². The first-order valence-corrected chi connectivity index (χ1v) is 4.08. The first kappa shape index (κ1) is 8.02. The molecule has 0 saturated carbocycles. The van der Waals surface area contributed by atoms with Crippen LogP contribution >= 0.6 is 0 Å². The fourth-order valence-corrected chi connectivity index (χ4v) is 1.57. The minimum Gasteiger partial charge on any atom is -0.396 e. The minimum absolute atomic E-state index is 0.0729. The monoisotopic (exact) mass is 144 g/mol. The molecule has 1 rings (SSSR count). The molecule has 2 nitrogen and oxygen atoms in total. The van der Waals surface area contributed by atoms with E-state index >= 15 is 0 Å². The molecule has 0 bridgehead atoms. The maximum Gasteiger partial charge on any atom is 0.0726 e. The van der Waals surface area contributed by atoms with Crippen molar-refractivity contribution in [3.05, 3.63) is 0 Å². The maximum absolute atomic E-state index is 8.71. The summed E-state index contributed by atoms with van der Waals surface area (Å²) in [5, 5.41) is 8.71. The topological polar surface area (TPSA) is 29.5 Å². The van der Waals surface area contributed by atoms with Crippen molar-refractivity contribution in [2.24, 2.45) is 0 Å². The van der Waals surface area contributed by atoms with Gasteiger partial charge in [0, 0.05) is 6.61 Å². The summed E-state index contributed by atoms with van der Waals surface area (Å²) >= 11 is 0. The molecule has 1 atom stereocenters. The van der Waals surface area contributed by atoms with Gasteiger partial charge in [0.25, 0.3) is 0 Å². The summed E-state index contributed by atoms with van der Waals surface area (Å²) < 4.78 is 5.44. The van der Waals surface area contributed by atoms with Gasteiger partial charge >= 0.3 is 0 Å². The molecular weight excluding hydrogens is 128 g/mol. The molecule has 60 valence electrons. The molecule has 1 fully saturated rings. The highest BCUT2D eigenvalue weighted by Gasteiger charge is 2.36. The molecule has 2 heteroatoms. The number of hydrogen-bond donors (Lipinski definition) is 1. The Balaban J connectivity index is 2.27. The average Bonchev–Trinajstić information content (AvgIpc) is 1.84. The van der Waals surface area contributed by atoms with Crippen molar-refractivity contribution < 1.29 is 9.84 Å². The molecule has 1 aliphatic heterocycles. The summed E-state index contributed by atoms with van der Waals surface area (Å²) in [7, 11) is 0. The molecule has 1 N–H and O–H groups in total. The maximum atomic E-state index is 8.71. The van der Waals surface area contributed by atoms with Crippen molar-refractivity contribution in [2.45, 2.75) is 38.2 Å². The van der Waals surface area contributed by atoms with Gasteiger partial charge in [-0.05, 0) is 19.3 Å². The van der Waals surface area contributed by atoms with E-state index < -0.39 is 0 Å². The molecule has 1 saturated heterocycles. The first-order chi connectivity index (χ1) is 4.83. The van der Waals surface area contributed by atoms with E-state index in [1.165, 1.54) is 0 Å². The number of ether oxygens (including phenoxy) is 1.